The van der Waals surface area contributed by atoms with Crippen molar-refractivity contribution in [3.63, 3.8) is 0 Å². The highest BCUT2D eigenvalue weighted by molar-refractivity contribution is 5.65. The van der Waals surface area contributed by atoms with Gasteiger partial charge in [-0.25, -0.2) is 0 Å². The molecule has 0 saturated heterocycles. The molecule has 1 heteroatoms. The summed E-state index contributed by atoms with van der Waals surface area (Å²) in [4.78, 5) is 0. The first-order valence-electron chi connectivity index (χ1n) is 9.91. The van der Waals surface area contributed by atoms with E-state index in [9.17, 15) is 0 Å². The van der Waals surface area contributed by atoms with Crippen LogP contribution in [-0.4, -0.2) is 0 Å². The van der Waals surface area contributed by atoms with Gasteiger partial charge >= 0.3 is 0 Å². The third kappa shape index (κ3) is 4.27. The van der Waals surface area contributed by atoms with Crippen LogP contribution in [0.25, 0.3) is 11.1 Å². The summed E-state index contributed by atoms with van der Waals surface area (Å²) in [5, 5.41) is 3.58. The molecular formula is C25H31N. The van der Waals surface area contributed by atoms with Gasteiger partial charge in [0.05, 0.1) is 6.04 Å². The van der Waals surface area contributed by atoms with E-state index in [1.54, 1.807) is 0 Å². The number of hydrogen-bond acceptors (Lipinski definition) is 1. The minimum atomic E-state index is 0.251. The van der Waals surface area contributed by atoms with Gasteiger partial charge in [0.1, 0.15) is 0 Å². The van der Waals surface area contributed by atoms with E-state index in [0.717, 1.165) is 12.8 Å². The molecule has 0 aliphatic carbocycles. The van der Waals surface area contributed by atoms with E-state index >= 15 is 0 Å². The highest BCUT2D eigenvalue weighted by Gasteiger charge is 2.19. The zero-order chi connectivity index (χ0) is 18.5. The van der Waals surface area contributed by atoms with Gasteiger partial charge in [-0.2, -0.15) is 0 Å². The van der Waals surface area contributed by atoms with Crippen LogP contribution in [0.3, 0.4) is 0 Å². The summed E-state index contributed by atoms with van der Waals surface area (Å²) in [7, 11) is 0. The predicted octanol–water partition coefficient (Wildman–Crippen LogP) is 7.00. The average Bonchev–Trinajstić information content (AvgIpc) is 2.67. The molecule has 0 aromatic heterocycles. The van der Waals surface area contributed by atoms with Gasteiger partial charge in [0.2, 0.25) is 0 Å². The van der Waals surface area contributed by atoms with E-state index in [4.69, 9.17) is 0 Å². The van der Waals surface area contributed by atoms with E-state index in [2.05, 4.69) is 99.9 Å². The van der Waals surface area contributed by atoms with Crippen molar-refractivity contribution in [2.24, 2.45) is 5.92 Å². The van der Waals surface area contributed by atoms with Crippen molar-refractivity contribution in [2.75, 3.05) is 0 Å². The van der Waals surface area contributed by atoms with Crippen LogP contribution in [0.15, 0.2) is 72.5 Å². The van der Waals surface area contributed by atoms with Crippen molar-refractivity contribution in [2.45, 2.75) is 52.5 Å². The van der Waals surface area contributed by atoms with Crippen LogP contribution in [0, 0.1) is 5.92 Å². The monoisotopic (exact) mass is 345 g/mol. The van der Waals surface area contributed by atoms with Crippen molar-refractivity contribution in [1.29, 1.82) is 0 Å². The van der Waals surface area contributed by atoms with Crippen LogP contribution in [0.4, 0.5) is 0 Å². The summed E-state index contributed by atoms with van der Waals surface area (Å²) in [6.07, 6.45) is 9.04. The summed E-state index contributed by atoms with van der Waals surface area (Å²) in [5.74, 6) is 1.24. The van der Waals surface area contributed by atoms with Crippen LogP contribution < -0.4 is 5.32 Å². The highest BCUT2D eigenvalue weighted by Crippen LogP contribution is 2.34. The molecule has 2 aromatic rings. The second-order valence-electron chi connectivity index (χ2n) is 7.84. The van der Waals surface area contributed by atoms with Crippen molar-refractivity contribution in [3.05, 3.63) is 83.6 Å². The Hall–Kier alpha value is -2.28. The minimum Gasteiger partial charge on any atom is -0.381 e. The van der Waals surface area contributed by atoms with Crippen molar-refractivity contribution in [3.8, 4) is 11.1 Å². The number of nitrogens with one attached hydrogen (secondary N) is 1. The largest absolute Gasteiger partial charge is 0.381 e. The third-order valence-corrected chi connectivity index (χ3v) is 5.27. The van der Waals surface area contributed by atoms with E-state index in [1.807, 2.05) is 0 Å². The van der Waals surface area contributed by atoms with Gasteiger partial charge in [0.25, 0.3) is 0 Å². The van der Waals surface area contributed by atoms with Gasteiger partial charge in [-0.1, -0.05) is 76.2 Å². The number of hydrogen-bond donors (Lipinski definition) is 1. The molecule has 1 aliphatic rings. The fraction of sp³-hybridized carbons (Fsp3) is 0.360. The molecule has 0 radical (unpaired) electrons. The molecule has 1 heterocycles. The lowest BCUT2D eigenvalue weighted by atomic mass is 9.86. The zero-order valence-electron chi connectivity index (χ0n) is 16.5. The Bertz CT molecular complexity index is 783. The quantitative estimate of drug-likeness (QED) is 0.594. The lowest BCUT2D eigenvalue weighted by molar-refractivity contribution is 0.630. The Kier molecular flexibility index (Phi) is 5.98. The fourth-order valence-electron chi connectivity index (χ4n) is 3.69. The molecule has 2 aromatic carbocycles. The molecule has 1 aliphatic heterocycles. The number of benzene rings is 2. The van der Waals surface area contributed by atoms with Gasteiger partial charge in [0, 0.05) is 0 Å². The molecule has 0 saturated carbocycles. The van der Waals surface area contributed by atoms with Gasteiger partial charge in [-0.15, -0.1) is 0 Å². The normalized spacial score (nSPS) is 17.7. The molecule has 1 N–H and O–H groups in total. The van der Waals surface area contributed by atoms with Crippen molar-refractivity contribution < 1.29 is 0 Å². The maximum Gasteiger partial charge on any atom is 0.0701 e. The number of allylic oxidation sites excluding steroid dienone is 2. The van der Waals surface area contributed by atoms with Crippen LogP contribution in [0.5, 0.6) is 0 Å². The molecule has 136 valence electrons. The first kappa shape index (κ1) is 18.5. The SMILES string of the molecule is CCC(C)c1ccc(-c2ccccc2)cc1C1C=C(CC(C)C)C=CN1. The van der Waals surface area contributed by atoms with E-state index in [0.29, 0.717) is 11.8 Å². The van der Waals surface area contributed by atoms with Crippen LogP contribution in [-0.2, 0) is 0 Å². The van der Waals surface area contributed by atoms with Crippen LogP contribution in [0.1, 0.15) is 63.6 Å². The maximum absolute atomic E-state index is 3.58. The molecular weight excluding hydrogens is 314 g/mol. The third-order valence-electron chi connectivity index (χ3n) is 5.27. The Morgan fingerprint density at radius 1 is 0.962 bits per heavy atom. The lowest BCUT2D eigenvalue weighted by Gasteiger charge is -2.25. The van der Waals surface area contributed by atoms with Gasteiger partial charge < -0.3 is 5.32 Å². The zero-order valence-corrected chi connectivity index (χ0v) is 16.5. The molecule has 0 spiro atoms. The minimum absolute atomic E-state index is 0.251. The average molecular weight is 346 g/mol. The smallest absolute Gasteiger partial charge is 0.0701 e. The number of rotatable bonds is 6. The summed E-state index contributed by atoms with van der Waals surface area (Å²) in [6.45, 7) is 9.17. The Labute approximate surface area is 158 Å². The first-order valence-corrected chi connectivity index (χ1v) is 9.91. The van der Waals surface area contributed by atoms with Gasteiger partial charge in [0.15, 0.2) is 0 Å². The van der Waals surface area contributed by atoms with Crippen LogP contribution >= 0.6 is 0 Å². The molecule has 0 fully saturated rings. The number of dihydropyridines is 1. The second kappa shape index (κ2) is 8.40. The molecule has 2 unspecified atom stereocenters. The molecule has 1 nitrogen and oxygen atoms in total. The van der Waals surface area contributed by atoms with E-state index in [1.165, 1.54) is 27.8 Å². The van der Waals surface area contributed by atoms with E-state index < -0.39 is 0 Å². The lowest BCUT2D eigenvalue weighted by Crippen LogP contribution is -2.19. The summed E-state index contributed by atoms with van der Waals surface area (Å²) in [5.41, 5.74) is 6.88. The second-order valence-corrected chi connectivity index (χ2v) is 7.84. The van der Waals surface area contributed by atoms with E-state index in [-0.39, 0.29) is 6.04 Å². The predicted molar refractivity (Wildman–Crippen MR) is 113 cm³/mol. The molecule has 0 bridgehead atoms. The van der Waals surface area contributed by atoms with Crippen molar-refractivity contribution >= 4 is 0 Å². The maximum atomic E-state index is 3.58. The van der Waals surface area contributed by atoms with Gasteiger partial charge in [-0.3, -0.25) is 0 Å². The summed E-state index contributed by atoms with van der Waals surface area (Å²) in [6, 6.07) is 17.9. The Balaban J connectivity index is 2.02. The van der Waals surface area contributed by atoms with Crippen molar-refractivity contribution in [1.82, 2.24) is 5.32 Å². The standard InChI is InChI=1S/C25H31N/c1-5-19(4)23-12-11-22(21-9-7-6-8-10-21)17-24(23)25-16-20(13-14-26-25)15-18(2)3/h6-14,16-19,25-26H,5,15H2,1-4H3. The summed E-state index contributed by atoms with van der Waals surface area (Å²) >= 11 is 0. The highest BCUT2D eigenvalue weighted by atomic mass is 14.9. The molecule has 2 atom stereocenters. The topological polar surface area (TPSA) is 12.0 Å². The fourth-order valence-corrected chi connectivity index (χ4v) is 3.69. The first-order chi connectivity index (χ1) is 12.6. The van der Waals surface area contributed by atoms with Gasteiger partial charge in [-0.05, 0) is 70.8 Å². The Morgan fingerprint density at radius 3 is 2.42 bits per heavy atom. The molecule has 26 heavy (non-hydrogen) atoms. The Morgan fingerprint density at radius 2 is 1.73 bits per heavy atom. The van der Waals surface area contributed by atoms with Crippen LogP contribution in [0.2, 0.25) is 0 Å². The summed E-state index contributed by atoms with van der Waals surface area (Å²) < 4.78 is 0. The molecule has 0 amide bonds. The molecule has 3 rings (SSSR count).